The van der Waals surface area contributed by atoms with Gasteiger partial charge in [-0.2, -0.15) is 0 Å². The molecule has 0 spiro atoms. The Labute approximate surface area is 341 Å². The van der Waals surface area contributed by atoms with Gasteiger partial charge in [-0.1, -0.05) is 143 Å². The first-order valence-corrected chi connectivity index (χ1v) is 23.6. The number of amides is 1. The first-order chi connectivity index (χ1) is 27.0. The molecule has 10 atom stereocenters. The van der Waals surface area contributed by atoms with Crippen molar-refractivity contribution in [2.75, 3.05) is 13.2 Å². The summed E-state index contributed by atoms with van der Waals surface area (Å²) in [6, 6.07) is -0.985. The third-order valence-corrected chi connectivity index (χ3v) is 13.4. The standard InChI is InChI=1S/C46H87NO9/c1-4-5-6-7-8-9-10-11-12-15-18-21-24-38(49)41(51)37(33-55-45-44(54)43(53)42(52)39(32-48)56-45)47-40(50)25-22-19-16-13-14-17-20-23-26-46-29-34(2)27-36(31-46)28-35(3)30-46/h34-39,41-45,48-49,51-54H,4-33H2,1-3H3,(H,47,50)/t34?,35?,36?,37-,38+,39?,41-,42?,43?,44?,45?,46?/m0/s1. The molecular weight excluding hydrogens is 711 g/mol. The number of carbonyl (C=O) groups is 1. The molecular formula is C46H87NO9. The van der Waals surface area contributed by atoms with Crippen molar-refractivity contribution in [1.82, 2.24) is 5.32 Å². The molecule has 0 aromatic rings. The van der Waals surface area contributed by atoms with Gasteiger partial charge in [-0.25, -0.2) is 0 Å². The van der Waals surface area contributed by atoms with E-state index in [1.165, 1.54) is 128 Å². The Balaban J connectivity index is 1.34. The number of unbranched alkanes of at least 4 members (excludes halogenated alkanes) is 18. The molecule has 1 saturated heterocycles. The maximum Gasteiger partial charge on any atom is 0.220 e. The zero-order valence-corrected chi connectivity index (χ0v) is 36.0. The van der Waals surface area contributed by atoms with Crippen molar-refractivity contribution in [3.05, 3.63) is 0 Å². The molecule has 2 saturated carbocycles. The minimum absolute atomic E-state index is 0.250. The number of nitrogens with one attached hydrogen (secondary N) is 1. The number of hydrogen-bond donors (Lipinski definition) is 7. The van der Waals surface area contributed by atoms with Crippen LogP contribution in [0.15, 0.2) is 0 Å². The van der Waals surface area contributed by atoms with E-state index in [1.54, 1.807) is 0 Å². The topological polar surface area (TPSA) is 169 Å². The number of rotatable bonds is 31. The summed E-state index contributed by atoms with van der Waals surface area (Å²) in [6.45, 7) is 6.28. The third-order valence-electron chi connectivity index (χ3n) is 13.4. The third kappa shape index (κ3) is 18.2. The Hall–Kier alpha value is -0.850. The van der Waals surface area contributed by atoms with E-state index in [2.05, 4.69) is 26.1 Å². The second kappa shape index (κ2) is 27.8. The maximum atomic E-state index is 13.1. The van der Waals surface area contributed by atoms with Gasteiger partial charge in [-0.15, -0.1) is 0 Å². The maximum absolute atomic E-state index is 13.1. The van der Waals surface area contributed by atoms with Crippen molar-refractivity contribution in [3.8, 4) is 0 Å². The summed E-state index contributed by atoms with van der Waals surface area (Å²) in [7, 11) is 0. The molecule has 3 fully saturated rings. The molecule has 0 radical (unpaired) electrons. The van der Waals surface area contributed by atoms with Crippen LogP contribution in [0.25, 0.3) is 0 Å². The molecule has 7 unspecified atom stereocenters. The van der Waals surface area contributed by atoms with E-state index in [0.29, 0.717) is 11.8 Å². The Bertz CT molecular complexity index is 996. The van der Waals surface area contributed by atoms with Gasteiger partial charge in [0.1, 0.15) is 30.5 Å². The molecule has 7 N–H and O–H groups in total. The monoisotopic (exact) mass is 798 g/mol. The smallest absolute Gasteiger partial charge is 0.220 e. The number of carbonyl (C=O) groups excluding carboxylic acids is 1. The second-order valence-electron chi connectivity index (χ2n) is 18.9. The van der Waals surface area contributed by atoms with Crippen LogP contribution in [0.2, 0.25) is 0 Å². The lowest BCUT2D eigenvalue weighted by atomic mass is 9.55. The van der Waals surface area contributed by atoms with Crippen molar-refractivity contribution in [1.29, 1.82) is 0 Å². The summed E-state index contributed by atoms with van der Waals surface area (Å²) in [5.41, 5.74) is 0.617. The molecule has 3 aliphatic rings. The lowest BCUT2D eigenvalue weighted by Gasteiger charge is -2.50. The minimum Gasteiger partial charge on any atom is -0.394 e. The molecule has 10 nitrogen and oxygen atoms in total. The summed E-state index contributed by atoms with van der Waals surface area (Å²) in [5, 5.41) is 65.3. The summed E-state index contributed by atoms with van der Waals surface area (Å²) in [5.74, 6) is 2.50. The Kier molecular flexibility index (Phi) is 24.6. The zero-order chi connectivity index (χ0) is 40.8. The highest BCUT2D eigenvalue weighted by Gasteiger charge is 2.45. The number of ether oxygens (including phenoxy) is 2. The number of aliphatic hydroxyl groups excluding tert-OH is 6. The van der Waals surface area contributed by atoms with E-state index in [9.17, 15) is 35.4 Å². The second-order valence-corrected chi connectivity index (χ2v) is 18.9. The van der Waals surface area contributed by atoms with Crippen LogP contribution in [0.4, 0.5) is 0 Å². The molecule has 3 rings (SSSR count). The largest absolute Gasteiger partial charge is 0.394 e. The van der Waals surface area contributed by atoms with Gasteiger partial charge in [0.15, 0.2) is 6.29 Å². The molecule has 56 heavy (non-hydrogen) atoms. The number of aliphatic hydroxyl groups is 6. The molecule has 2 aliphatic carbocycles. The molecule has 10 heteroatoms. The first kappa shape index (κ1) is 49.5. The van der Waals surface area contributed by atoms with Crippen LogP contribution in [0.1, 0.15) is 201 Å². The van der Waals surface area contributed by atoms with Crippen LogP contribution >= 0.6 is 0 Å². The van der Waals surface area contributed by atoms with Crippen molar-refractivity contribution in [2.24, 2.45) is 23.2 Å². The van der Waals surface area contributed by atoms with Crippen molar-refractivity contribution < 1.29 is 44.9 Å². The lowest BCUT2D eigenvalue weighted by Crippen LogP contribution is -2.60. The average molecular weight is 798 g/mol. The fourth-order valence-corrected chi connectivity index (χ4v) is 10.6. The first-order valence-electron chi connectivity index (χ1n) is 23.6. The summed E-state index contributed by atoms with van der Waals surface area (Å²) >= 11 is 0. The summed E-state index contributed by atoms with van der Waals surface area (Å²) in [4.78, 5) is 13.1. The minimum atomic E-state index is -1.60. The SMILES string of the molecule is CCCCCCCCCCCCCC[C@@H](O)[C@@H](O)[C@H](COC1OC(CO)C(O)C(O)C1O)NC(=O)CCCCCCCCCCC12CC(C)CC(CC(C)C1)C2. The van der Waals surface area contributed by atoms with Gasteiger partial charge in [-0.05, 0) is 74.5 Å². The van der Waals surface area contributed by atoms with Crippen LogP contribution in [0.3, 0.4) is 0 Å². The van der Waals surface area contributed by atoms with Crippen molar-refractivity contribution in [2.45, 2.75) is 250 Å². The van der Waals surface area contributed by atoms with Gasteiger partial charge in [-0.3, -0.25) is 4.79 Å². The number of fused-ring (bicyclic) bond motifs is 2. The van der Waals surface area contributed by atoms with Gasteiger partial charge in [0.25, 0.3) is 0 Å². The zero-order valence-electron chi connectivity index (χ0n) is 36.0. The highest BCUT2D eigenvalue weighted by atomic mass is 16.7. The Morgan fingerprint density at radius 1 is 0.714 bits per heavy atom. The van der Waals surface area contributed by atoms with Crippen LogP contribution < -0.4 is 5.32 Å². The van der Waals surface area contributed by atoms with Crippen molar-refractivity contribution >= 4 is 5.91 Å². The summed E-state index contributed by atoms with van der Waals surface area (Å²) < 4.78 is 11.2. The Morgan fingerprint density at radius 2 is 1.23 bits per heavy atom. The predicted molar refractivity (Wildman–Crippen MR) is 223 cm³/mol. The van der Waals surface area contributed by atoms with Crippen LogP contribution in [0.5, 0.6) is 0 Å². The van der Waals surface area contributed by atoms with Gasteiger partial charge in [0.05, 0.1) is 25.4 Å². The van der Waals surface area contributed by atoms with Gasteiger partial charge < -0.3 is 45.4 Å². The van der Waals surface area contributed by atoms with Crippen LogP contribution in [0, 0.1) is 23.2 Å². The van der Waals surface area contributed by atoms with Crippen molar-refractivity contribution in [3.63, 3.8) is 0 Å². The lowest BCUT2D eigenvalue weighted by molar-refractivity contribution is -0.303. The molecule has 1 heterocycles. The van der Waals surface area contributed by atoms with Gasteiger partial charge in [0, 0.05) is 6.42 Å². The van der Waals surface area contributed by atoms with E-state index in [1.807, 2.05) is 0 Å². The highest BCUT2D eigenvalue weighted by Crippen LogP contribution is 2.55. The molecule has 0 aromatic heterocycles. The molecule has 1 aliphatic heterocycles. The summed E-state index contributed by atoms with van der Waals surface area (Å²) in [6.07, 6.45) is 23.1. The fourth-order valence-electron chi connectivity index (χ4n) is 10.6. The predicted octanol–water partition coefficient (Wildman–Crippen LogP) is 7.85. The average Bonchev–Trinajstić information content (AvgIpc) is 3.16. The van der Waals surface area contributed by atoms with E-state index in [4.69, 9.17) is 9.47 Å². The van der Waals surface area contributed by atoms with E-state index in [-0.39, 0.29) is 18.9 Å². The highest BCUT2D eigenvalue weighted by molar-refractivity contribution is 5.76. The van der Waals surface area contributed by atoms with Gasteiger partial charge in [0.2, 0.25) is 5.91 Å². The van der Waals surface area contributed by atoms with Crippen LogP contribution in [-0.2, 0) is 14.3 Å². The van der Waals surface area contributed by atoms with E-state index < -0.39 is 55.6 Å². The molecule has 330 valence electrons. The molecule has 0 aromatic carbocycles. The van der Waals surface area contributed by atoms with Gasteiger partial charge >= 0.3 is 0 Å². The number of hydrogen-bond acceptors (Lipinski definition) is 9. The molecule has 2 bridgehead atoms. The van der Waals surface area contributed by atoms with E-state index >= 15 is 0 Å². The quantitative estimate of drug-likeness (QED) is 0.0346. The van der Waals surface area contributed by atoms with E-state index in [0.717, 1.165) is 56.3 Å². The Morgan fingerprint density at radius 3 is 1.79 bits per heavy atom. The van der Waals surface area contributed by atoms with Crippen LogP contribution in [-0.4, -0.2) is 98.7 Å². The fraction of sp³-hybridized carbons (Fsp3) is 0.978. The molecule has 1 amide bonds. The normalized spacial score (nSPS) is 30.9.